The maximum Gasteiger partial charge on any atom is 0.167 e. The van der Waals surface area contributed by atoms with Gasteiger partial charge in [0.05, 0.1) is 0 Å². The molecule has 1 fully saturated rings. The van der Waals surface area contributed by atoms with E-state index in [0.29, 0.717) is 0 Å². The van der Waals surface area contributed by atoms with Gasteiger partial charge in [0.15, 0.2) is 5.58 Å². The highest BCUT2D eigenvalue weighted by Gasteiger charge is 2.41. The summed E-state index contributed by atoms with van der Waals surface area (Å²) in [6, 6.07) is 18.8. The maximum absolute atomic E-state index is 5.57. The van der Waals surface area contributed by atoms with Crippen molar-refractivity contribution in [1.82, 2.24) is 5.16 Å². The number of aromatic nitrogens is 1. The third-order valence-corrected chi connectivity index (χ3v) is 7.11. The molecule has 0 aliphatic carbocycles. The van der Waals surface area contributed by atoms with Crippen LogP contribution in [0.3, 0.4) is 0 Å². The van der Waals surface area contributed by atoms with Gasteiger partial charge in [-0.2, -0.15) is 0 Å². The average molecular weight is 313 g/mol. The number of thioether (sulfide) groups is 2. The molecule has 1 aliphatic heterocycles. The van der Waals surface area contributed by atoms with Crippen LogP contribution >= 0.6 is 23.5 Å². The number of nitrogens with zero attached hydrogens (tertiary/aromatic N) is 1. The Bertz CT molecular complexity index is 748. The van der Waals surface area contributed by atoms with Crippen LogP contribution in [-0.2, 0) is 4.08 Å². The molecule has 2 nitrogen and oxygen atoms in total. The van der Waals surface area contributed by atoms with Crippen LogP contribution in [0.5, 0.6) is 0 Å². The van der Waals surface area contributed by atoms with Crippen LogP contribution in [0.25, 0.3) is 11.0 Å². The van der Waals surface area contributed by atoms with E-state index in [0.717, 1.165) is 28.2 Å². The molecule has 2 heterocycles. The zero-order valence-corrected chi connectivity index (χ0v) is 13.1. The van der Waals surface area contributed by atoms with Gasteiger partial charge in [0.1, 0.15) is 9.77 Å². The minimum absolute atomic E-state index is 0.147. The second-order valence-electron chi connectivity index (χ2n) is 5.06. The molecule has 0 bridgehead atoms. The fourth-order valence-corrected chi connectivity index (χ4v) is 6.10. The summed E-state index contributed by atoms with van der Waals surface area (Å²) in [6.45, 7) is 0. The fourth-order valence-electron chi connectivity index (χ4n) is 2.75. The summed E-state index contributed by atoms with van der Waals surface area (Å²) in [5.41, 5.74) is 3.23. The number of para-hydroxylation sites is 1. The summed E-state index contributed by atoms with van der Waals surface area (Å²) in [4.78, 5) is 0. The van der Waals surface area contributed by atoms with Gasteiger partial charge in [-0.25, -0.2) is 0 Å². The van der Waals surface area contributed by atoms with Crippen LogP contribution in [0, 0.1) is 0 Å². The summed E-state index contributed by atoms with van der Waals surface area (Å²) >= 11 is 3.95. The molecule has 0 unspecified atom stereocenters. The summed E-state index contributed by atoms with van der Waals surface area (Å²) in [5, 5.41) is 5.58. The second kappa shape index (κ2) is 5.43. The van der Waals surface area contributed by atoms with Gasteiger partial charge in [-0.05, 0) is 35.6 Å². The molecule has 2 aromatic carbocycles. The molecule has 0 saturated carbocycles. The molecule has 0 atom stereocenters. The molecule has 1 aliphatic rings. The summed E-state index contributed by atoms with van der Waals surface area (Å²) in [6.07, 6.45) is 1.25. The lowest BCUT2D eigenvalue weighted by molar-refractivity contribution is 0.445. The SMILES string of the molecule is c1ccc(C2(c3noc4ccccc34)SCCCS2)cc1. The first kappa shape index (κ1) is 13.3. The van der Waals surface area contributed by atoms with E-state index in [1.807, 2.05) is 35.7 Å². The Morgan fingerprint density at radius 3 is 2.43 bits per heavy atom. The lowest BCUT2D eigenvalue weighted by atomic mass is 10.1. The molecule has 21 heavy (non-hydrogen) atoms. The van der Waals surface area contributed by atoms with Crippen LogP contribution in [-0.4, -0.2) is 16.7 Å². The summed E-state index contributed by atoms with van der Waals surface area (Å²) < 4.78 is 5.43. The van der Waals surface area contributed by atoms with Crippen LogP contribution in [0.15, 0.2) is 59.1 Å². The smallest absolute Gasteiger partial charge is 0.167 e. The van der Waals surface area contributed by atoms with Gasteiger partial charge in [0.25, 0.3) is 0 Å². The van der Waals surface area contributed by atoms with Crippen molar-refractivity contribution in [2.75, 3.05) is 11.5 Å². The van der Waals surface area contributed by atoms with E-state index in [9.17, 15) is 0 Å². The number of hydrogen-bond acceptors (Lipinski definition) is 4. The molecule has 3 aromatic rings. The topological polar surface area (TPSA) is 26.0 Å². The van der Waals surface area contributed by atoms with Crippen LogP contribution in [0.1, 0.15) is 17.7 Å². The van der Waals surface area contributed by atoms with E-state index in [-0.39, 0.29) is 4.08 Å². The standard InChI is InChI=1S/C17H15NOS2/c1-2-7-13(8-3-1)17(20-11-6-12-21-17)16-14-9-4-5-10-15(14)19-18-16/h1-5,7-10H,6,11-12H2. The monoisotopic (exact) mass is 313 g/mol. The lowest BCUT2D eigenvalue weighted by Gasteiger charge is -2.35. The first-order valence-electron chi connectivity index (χ1n) is 7.08. The molecular formula is C17H15NOS2. The maximum atomic E-state index is 5.57. The Morgan fingerprint density at radius 2 is 1.62 bits per heavy atom. The van der Waals surface area contributed by atoms with Crippen molar-refractivity contribution in [3.63, 3.8) is 0 Å². The van der Waals surface area contributed by atoms with Crippen molar-refractivity contribution in [1.29, 1.82) is 0 Å². The molecule has 106 valence electrons. The van der Waals surface area contributed by atoms with Crippen molar-refractivity contribution >= 4 is 34.5 Å². The number of rotatable bonds is 2. The molecule has 0 spiro atoms. The van der Waals surface area contributed by atoms with Crippen LogP contribution < -0.4 is 0 Å². The van der Waals surface area contributed by atoms with Gasteiger partial charge in [0, 0.05) is 5.39 Å². The van der Waals surface area contributed by atoms with Crippen LogP contribution in [0.4, 0.5) is 0 Å². The highest BCUT2D eigenvalue weighted by atomic mass is 32.2. The molecule has 1 aromatic heterocycles. The largest absolute Gasteiger partial charge is 0.356 e. The second-order valence-corrected chi connectivity index (χ2v) is 7.94. The summed E-state index contributed by atoms with van der Waals surface area (Å²) in [7, 11) is 0. The van der Waals surface area contributed by atoms with Gasteiger partial charge in [-0.3, -0.25) is 0 Å². The fraction of sp³-hybridized carbons (Fsp3) is 0.235. The van der Waals surface area contributed by atoms with Gasteiger partial charge < -0.3 is 4.52 Å². The number of hydrogen-bond donors (Lipinski definition) is 0. The van der Waals surface area contributed by atoms with Crippen LogP contribution in [0.2, 0.25) is 0 Å². The van der Waals surface area contributed by atoms with Gasteiger partial charge in [-0.15, -0.1) is 23.5 Å². The highest BCUT2D eigenvalue weighted by molar-refractivity contribution is 8.18. The van der Waals surface area contributed by atoms with E-state index in [1.165, 1.54) is 12.0 Å². The van der Waals surface area contributed by atoms with Crippen molar-refractivity contribution in [3.05, 3.63) is 65.9 Å². The third kappa shape index (κ3) is 2.17. The summed E-state index contributed by atoms with van der Waals surface area (Å²) in [5.74, 6) is 2.31. The molecule has 0 amide bonds. The van der Waals surface area contributed by atoms with E-state index in [1.54, 1.807) is 0 Å². The Labute approximate surface area is 132 Å². The Hall–Kier alpha value is -1.39. The first-order valence-corrected chi connectivity index (χ1v) is 9.06. The first-order chi connectivity index (χ1) is 10.4. The molecular weight excluding hydrogens is 298 g/mol. The average Bonchev–Trinajstić information content (AvgIpc) is 3.01. The Morgan fingerprint density at radius 1 is 0.905 bits per heavy atom. The molecule has 1 saturated heterocycles. The quantitative estimate of drug-likeness (QED) is 0.672. The zero-order valence-electron chi connectivity index (χ0n) is 11.5. The third-order valence-electron chi connectivity index (χ3n) is 3.74. The number of benzene rings is 2. The number of fused-ring (bicyclic) bond motifs is 1. The zero-order chi connectivity index (χ0) is 14.1. The Balaban J connectivity index is 1.94. The van der Waals surface area contributed by atoms with Crippen molar-refractivity contribution in [2.24, 2.45) is 0 Å². The normalized spacial score (nSPS) is 17.9. The predicted octanol–water partition coefficient (Wildman–Crippen LogP) is 4.90. The van der Waals surface area contributed by atoms with E-state index in [4.69, 9.17) is 4.52 Å². The van der Waals surface area contributed by atoms with Crippen molar-refractivity contribution < 1.29 is 4.52 Å². The van der Waals surface area contributed by atoms with Crippen molar-refractivity contribution in [2.45, 2.75) is 10.5 Å². The minimum atomic E-state index is -0.147. The lowest BCUT2D eigenvalue weighted by Crippen LogP contribution is -2.24. The molecule has 4 rings (SSSR count). The van der Waals surface area contributed by atoms with Gasteiger partial charge in [-0.1, -0.05) is 47.6 Å². The molecule has 4 heteroatoms. The molecule has 0 N–H and O–H groups in total. The Kier molecular flexibility index (Phi) is 3.43. The van der Waals surface area contributed by atoms with Gasteiger partial charge in [0.2, 0.25) is 0 Å². The highest BCUT2D eigenvalue weighted by Crippen LogP contribution is 2.55. The van der Waals surface area contributed by atoms with E-state index >= 15 is 0 Å². The minimum Gasteiger partial charge on any atom is -0.356 e. The van der Waals surface area contributed by atoms with Gasteiger partial charge >= 0.3 is 0 Å². The van der Waals surface area contributed by atoms with Crippen molar-refractivity contribution in [3.8, 4) is 0 Å². The molecule has 0 radical (unpaired) electrons. The predicted molar refractivity (Wildman–Crippen MR) is 90.8 cm³/mol. The van der Waals surface area contributed by atoms with E-state index in [2.05, 4.69) is 47.6 Å². The van der Waals surface area contributed by atoms with E-state index < -0.39 is 0 Å².